The first-order valence-electron chi connectivity index (χ1n) is 7.72. The fraction of sp³-hybridized carbons (Fsp3) is 0.647. The third-order valence-electron chi connectivity index (χ3n) is 4.71. The van der Waals surface area contributed by atoms with E-state index in [1.807, 2.05) is 12.1 Å². The highest BCUT2D eigenvalue weighted by atomic mass is 16.5. The summed E-state index contributed by atoms with van der Waals surface area (Å²) in [6.45, 7) is 3.25. The second kappa shape index (κ2) is 7.09. The van der Waals surface area contributed by atoms with Gasteiger partial charge in [-0.1, -0.05) is 25.5 Å². The fourth-order valence-electron chi connectivity index (χ4n) is 3.27. The first-order chi connectivity index (χ1) is 9.63. The number of ether oxygens (including phenoxy) is 1. The van der Waals surface area contributed by atoms with Gasteiger partial charge in [-0.05, 0) is 49.9 Å². The van der Waals surface area contributed by atoms with E-state index in [0.29, 0.717) is 12.1 Å². The summed E-state index contributed by atoms with van der Waals surface area (Å²) in [5.41, 5.74) is 7.65. The molecule has 0 aromatic heterocycles. The lowest BCUT2D eigenvalue weighted by molar-refractivity contribution is 0.129. The molecule has 0 aliphatic heterocycles. The van der Waals surface area contributed by atoms with Crippen molar-refractivity contribution in [2.45, 2.75) is 51.2 Å². The van der Waals surface area contributed by atoms with E-state index in [0.717, 1.165) is 24.6 Å². The monoisotopic (exact) mass is 276 g/mol. The molecule has 3 unspecified atom stereocenters. The Morgan fingerprint density at radius 3 is 2.55 bits per heavy atom. The molecule has 1 aromatic rings. The number of likely N-dealkylation sites (N-methyl/N-ethyl adjacent to an activating group) is 1. The number of hydrogen-bond acceptors (Lipinski definition) is 3. The van der Waals surface area contributed by atoms with Gasteiger partial charge in [0.05, 0.1) is 7.11 Å². The van der Waals surface area contributed by atoms with Crippen LogP contribution in [0, 0.1) is 5.92 Å². The van der Waals surface area contributed by atoms with Crippen LogP contribution in [0.3, 0.4) is 0 Å². The summed E-state index contributed by atoms with van der Waals surface area (Å²) in [6.07, 6.45) is 4.98. The quantitative estimate of drug-likeness (QED) is 0.898. The molecule has 0 amide bonds. The molecule has 3 heteroatoms. The van der Waals surface area contributed by atoms with Crippen LogP contribution in [0.4, 0.5) is 0 Å². The molecule has 0 saturated heterocycles. The highest BCUT2D eigenvalue weighted by Gasteiger charge is 2.29. The van der Waals surface area contributed by atoms with Gasteiger partial charge in [-0.25, -0.2) is 0 Å². The van der Waals surface area contributed by atoms with Crippen LogP contribution in [-0.2, 0) is 6.54 Å². The fourth-order valence-corrected chi connectivity index (χ4v) is 3.27. The Balaban J connectivity index is 1.96. The Morgan fingerprint density at radius 1 is 1.25 bits per heavy atom. The molecule has 2 rings (SSSR count). The van der Waals surface area contributed by atoms with E-state index in [4.69, 9.17) is 10.5 Å². The highest BCUT2D eigenvalue weighted by molar-refractivity contribution is 5.27. The van der Waals surface area contributed by atoms with Gasteiger partial charge in [0.1, 0.15) is 5.75 Å². The van der Waals surface area contributed by atoms with Crippen LogP contribution in [0.15, 0.2) is 24.3 Å². The smallest absolute Gasteiger partial charge is 0.118 e. The van der Waals surface area contributed by atoms with Crippen molar-refractivity contribution in [1.29, 1.82) is 0 Å². The van der Waals surface area contributed by atoms with Gasteiger partial charge in [0.15, 0.2) is 0 Å². The SMILES string of the molecule is CCC1CCC(N)C(N(C)Cc2ccc(OC)cc2)C1. The van der Waals surface area contributed by atoms with Crippen molar-refractivity contribution in [1.82, 2.24) is 4.90 Å². The van der Waals surface area contributed by atoms with Crippen molar-refractivity contribution in [2.24, 2.45) is 11.7 Å². The molecule has 3 atom stereocenters. The lowest BCUT2D eigenvalue weighted by atomic mass is 9.80. The minimum absolute atomic E-state index is 0.320. The van der Waals surface area contributed by atoms with E-state index in [1.54, 1.807) is 7.11 Å². The number of nitrogens with two attached hydrogens (primary N) is 1. The van der Waals surface area contributed by atoms with E-state index >= 15 is 0 Å². The zero-order chi connectivity index (χ0) is 14.5. The molecule has 20 heavy (non-hydrogen) atoms. The zero-order valence-electron chi connectivity index (χ0n) is 13.0. The lowest BCUT2D eigenvalue weighted by Gasteiger charge is -2.39. The molecule has 0 heterocycles. The van der Waals surface area contributed by atoms with Crippen LogP contribution in [0.1, 0.15) is 38.2 Å². The second-order valence-corrected chi connectivity index (χ2v) is 6.08. The molecule has 1 aliphatic rings. The van der Waals surface area contributed by atoms with Crippen molar-refractivity contribution in [3.05, 3.63) is 29.8 Å². The van der Waals surface area contributed by atoms with Crippen LogP contribution in [0.5, 0.6) is 5.75 Å². The summed E-state index contributed by atoms with van der Waals surface area (Å²) in [5, 5.41) is 0. The van der Waals surface area contributed by atoms with Crippen molar-refractivity contribution in [2.75, 3.05) is 14.2 Å². The molecule has 112 valence electrons. The number of nitrogens with zero attached hydrogens (tertiary/aromatic N) is 1. The largest absolute Gasteiger partial charge is 0.497 e. The summed E-state index contributed by atoms with van der Waals surface area (Å²) in [4.78, 5) is 2.42. The molecule has 1 aromatic carbocycles. The van der Waals surface area contributed by atoms with Gasteiger partial charge >= 0.3 is 0 Å². The summed E-state index contributed by atoms with van der Waals surface area (Å²) < 4.78 is 5.20. The summed E-state index contributed by atoms with van der Waals surface area (Å²) >= 11 is 0. The van der Waals surface area contributed by atoms with Crippen LogP contribution in [-0.4, -0.2) is 31.1 Å². The summed E-state index contributed by atoms with van der Waals surface area (Å²) in [5.74, 6) is 1.76. The van der Waals surface area contributed by atoms with Gasteiger partial charge in [0.2, 0.25) is 0 Å². The molecule has 1 aliphatic carbocycles. The molecule has 0 spiro atoms. The van der Waals surface area contributed by atoms with E-state index in [1.165, 1.54) is 24.8 Å². The molecule has 0 bridgehead atoms. The van der Waals surface area contributed by atoms with Gasteiger partial charge in [0.25, 0.3) is 0 Å². The lowest BCUT2D eigenvalue weighted by Crippen LogP contribution is -2.49. The first kappa shape index (κ1) is 15.3. The molecule has 3 nitrogen and oxygen atoms in total. The first-order valence-corrected chi connectivity index (χ1v) is 7.72. The van der Waals surface area contributed by atoms with Crippen LogP contribution in [0.25, 0.3) is 0 Å². The number of rotatable bonds is 5. The van der Waals surface area contributed by atoms with Crippen LogP contribution < -0.4 is 10.5 Å². The predicted octanol–water partition coefficient (Wildman–Crippen LogP) is 3.03. The second-order valence-electron chi connectivity index (χ2n) is 6.08. The Morgan fingerprint density at radius 2 is 1.95 bits per heavy atom. The zero-order valence-corrected chi connectivity index (χ0v) is 13.0. The molecular formula is C17H28N2O. The number of methoxy groups -OCH3 is 1. The molecule has 0 radical (unpaired) electrons. The van der Waals surface area contributed by atoms with E-state index in [-0.39, 0.29) is 0 Å². The van der Waals surface area contributed by atoms with Crippen molar-refractivity contribution >= 4 is 0 Å². The van der Waals surface area contributed by atoms with Gasteiger partial charge in [-0.15, -0.1) is 0 Å². The van der Waals surface area contributed by atoms with Gasteiger partial charge in [0, 0.05) is 18.6 Å². The minimum atomic E-state index is 0.320. The number of benzene rings is 1. The van der Waals surface area contributed by atoms with Gasteiger partial charge < -0.3 is 10.5 Å². The van der Waals surface area contributed by atoms with Gasteiger partial charge in [-0.2, -0.15) is 0 Å². The highest BCUT2D eigenvalue weighted by Crippen LogP contribution is 2.29. The molecule has 1 fully saturated rings. The summed E-state index contributed by atoms with van der Waals surface area (Å²) in [7, 11) is 3.90. The average molecular weight is 276 g/mol. The Labute approximate surface area is 123 Å². The third-order valence-corrected chi connectivity index (χ3v) is 4.71. The molecule has 2 N–H and O–H groups in total. The van der Waals surface area contributed by atoms with Crippen molar-refractivity contribution < 1.29 is 4.74 Å². The molecular weight excluding hydrogens is 248 g/mol. The van der Waals surface area contributed by atoms with E-state index in [9.17, 15) is 0 Å². The predicted molar refractivity (Wildman–Crippen MR) is 83.9 cm³/mol. The normalized spacial score (nSPS) is 26.8. The average Bonchev–Trinajstić information content (AvgIpc) is 2.48. The van der Waals surface area contributed by atoms with Crippen LogP contribution >= 0.6 is 0 Å². The standard InChI is InChI=1S/C17H28N2O/c1-4-13-7-10-16(18)17(11-13)19(2)12-14-5-8-15(20-3)9-6-14/h5-6,8-9,13,16-17H,4,7,10-12,18H2,1-3H3. The van der Waals surface area contributed by atoms with Crippen molar-refractivity contribution in [3.8, 4) is 5.75 Å². The minimum Gasteiger partial charge on any atom is -0.497 e. The third kappa shape index (κ3) is 3.74. The number of hydrogen-bond donors (Lipinski definition) is 1. The summed E-state index contributed by atoms with van der Waals surface area (Å²) in [6, 6.07) is 9.16. The Kier molecular flexibility index (Phi) is 5.44. The van der Waals surface area contributed by atoms with Crippen LogP contribution in [0.2, 0.25) is 0 Å². The maximum Gasteiger partial charge on any atom is 0.118 e. The van der Waals surface area contributed by atoms with E-state index < -0.39 is 0 Å². The van der Waals surface area contributed by atoms with Crippen molar-refractivity contribution in [3.63, 3.8) is 0 Å². The maximum atomic E-state index is 6.33. The van der Waals surface area contributed by atoms with E-state index in [2.05, 4.69) is 31.0 Å². The topological polar surface area (TPSA) is 38.5 Å². The Hall–Kier alpha value is -1.06. The maximum absolute atomic E-state index is 6.33. The Bertz CT molecular complexity index is 404. The van der Waals surface area contributed by atoms with Gasteiger partial charge in [-0.3, -0.25) is 4.90 Å². The molecule has 1 saturated carbocycles.